The molecule has 3 aromatic heterocycles. The predicted molar refractivity (Wildman–Crippen MR) is 116 cm³/mol. The largest absolute Gasteiger partial charge is 0.420 e. The molecule has 0 atom stereocenters. The third kappa shape index (κ3) is 4.40. The molecule has 0 amide bonds. The lowest BCUT2D eigenvalue weighted by atomic mass is 10.00. The second-order valence-electron chi connectivity index (χ2n) is 8.42. The van der Waals surface area contributed by atoms with Gasteiger partial charge < -0.3 is 5.32 Å². The topological polar surface area (TPSA) is 55.1 Å². The molecule has 9 heteroatoms. The highest BCUT2D eigenvalue weighted by atomic mass is 19.4. The van der Waals surface area contributed by atoms with Crippen LogP contribution in [0.2, 0.25) is 0 Å². The Morgan fingerprint density at radius 2 is 1.91 bits per heavy atom. The number of anilines is 1. The smallest absolute Gasteiger partial charge is 0.379 e. The number of fused-ring (bicyclic) bond motifs is 1. The van der Waals surface area contributed by atoms with Crippen LogP contribution in [0.4, 0.5) is 23.2 Å². The summed E-state index contributed by atoms with van der Waals surface area (Å²) in [4.78, 5) is 4.19. The number of aryl methyl sites for hydroxylation is 1. The van der Waals surface area contributed by atoms with Gasteiger partial charge in [0.25, 0.3) is 0 Å². The van der Waals surface area contributed by atoms with Gasteiger partial charge >= 0.3 is 6.18 Å². The number of nitrogens with zero attached hydrogens (tertiary/aromatic N) is 4. The molecular weight excluding hydrogens is 434 g/mol. The van der Waals surface area contributed by atoms with Crippen molar-refractivity contribution in [3.8, 4) is 11.1 Å². The minimum Gasteiger partial charge on any atom is -0.379 e. The van der Waals surface area contributed by atoms with Gasteiger partial charge in [0, 0.05) is 31.1 Å². The molecular formula is C24H21F4N5. The number of rotatable bonds is 6. The highest BCUT2D eigenvalue weighted by Crippen LogP contribution is 2.40. The summed E-state index contributed by atoms with van der Waals surface area (Å²) in [5.41, 5.74) is 0.755. The number of pyridine rings is 2. The normalized spacial score (nSPS) is 14.1. The lowest BCUT2D eigenvalue weighted by molar-refractivity contribution is -0.136. The molecule has 1 N–H and O–H groups in total. The summed E-state index contributed by atoms with van der Waals surface area (Å²) in [6, 6.07) is 9.11. The zero-order valence-electron chi connectivity index (χ0n) is 17.8. The molecule has 0 aliphatic heterocycles. The van der Waals surface area contributed by atoms with Crippen molar-refractivity contribution in [1.82, 2.24) is 19.6 Å². The van der Waals surface area contributed by atoms with Crippen molar-refractivity contribution in [3.05, 3.63) is 77.3 Å². The summed E-state index contributed by atoms with van der Waals surface area (Å²) in [7, 11) is 0. The van der Waals surface area contributed by atoms with Crippen molar-refractivity contribution in [3.63, 3.8) is 0 Å². The number of alkyl halides is 3. The third-order valence-corrected chi connectivity index (χ3v) is 5.84. The van der Waals surface area contributed by atoms with Crippen LogP contribution in [0.3, 0.4) is 0 Å². The number of hydrogen-bond acceptors (Lipinski definition) is 4. The average Bonchev–Trinajstić information content (AvgIpc) is 3.51. The molecule has 5 rings (SSSR count). The third-order valence-electron chi connectivity index (χ3n) is 5.84. The van der Waals surface area contributed by atoms with Crippen LogP contribution < -0.4 is 5.32 Å². The van der Waals surface area contributed by atoms with Gasteiger partial charge in [0.1, 0.15) is 17.2 Å². The summed E-state index contributed by atoms with van der Waals surface area (Å²) in [6.45, 7) is 2.21. The molecule has 3 heterocycles. The van der Waals surface area contributed by atoms with Gasteiger partial charge in [-0.25, -0.2) is 4.39 Å². The number of halogens is 4. The van der Waals surface area contributed by atoms with Crippen LogP contribution in [0.15, 0.2) is 48.8 Å². The average molecular weight is 455 g/mol. The van der Waals surface area contributed by atoms with E-state index in [9.17, 15) is 17.6 Å². The first kappa shape index (κ1) is 21.4. The molecule has 1 aromatic carbocycles. The number of hydrogen-bond donors (Lipinski definition) is 1. The molecule has 1 fully saturated rings. The fourth-order valence-electron chi connectivity index (χ4n) is 3.87. The highest BCUT2D eigenvalue weighted by Gasteiger charge is 2.38. The van der Waals surface area contributed by atoms with Crippen LogP contribution in [0.1, 0.15) is 35.5 Å². The van der Waals surface area contributed by atoms with Crippen molar-refractivity contribution in [1.29, 1.82) is 0 Å². The van der Waals surface area contributed by atoms with Crippen molar-refractivity contribution >= 4 is 11.3 Å². The molecule has 1 aliphatic rings. The standard InChI is InChI=1S/C24H21F4N5/c1-14-2-3-16(12-29-14)13-30-20-7-6-17(11-19(20)25)18-8-9-33-21(10-15-4-5-15)31-32-23(33)22(18)24(26,27)28/h2-3,6-9,11-12,15,30H,4-5,10,13H2,1H3. The van der Waals surface area contributed by atoms with Gasteiger partial charge in [-0.2, -0.15) is 13.2 Å². The van der Waals surface area contributed by atoms with Gasteiger partial charge in [0.05, 0.1) is 5.69 Å². The van der Waals surface area contributed by atoms with Crippen LogP contribution in [0.5, 0.6) is 0 Å². The fourth-order valence-corrected chi connectivity index (χ4v) is 3.87. The molecule has 170 valence electrons. The Bertz CT molecular complexity index is 1310. The Morgan fingerprint density at radius 3 is 2.58 bits per heavy atom. The molecule has 0 bridgehead atoms. The second-order valence-corrected chi connectivity index (χ2v) is 8.42. The van der Waals surface area contributed by atoms with Gasteiger partial charge in [-0.3, -0.25) is 9.38 Å². The van der Waals surface area contributed by atoms with Crippen molar-refractivity contribution in [2.24, 2.45) is 5.92 Å². The monoisotopic (exact) mass is 455 g/mol. The first-order chi connectivity index (χ1) is 15.8. The maximum absolute atomic E-state index is 14.8. The Morgan fingerprint density at radius 1 is 1.09 bits per heavy atom. The van der Waals surface area contributed by atoms with Crippen LogP contribution in [-0.2, 0) is 19.1 Å². The lowest BCUT2D eigenvalue weighted by Crippen LogP contribution is -2.11. The van der Waals surface area contributed by atoms with Gasteiger partial charge in [-0.15, -0.1) is 10.2 Å². The van der Waals surface area contributed by atoms with E-state index in [1.54, 1.807) is 6.20 Å². The molecule has 4 aromatic rings. The van der Waals surface area contributed by atoms with Crippen molar-refractivity contribution in [2.45, 2.75) is 38.9 Å². The summed E-state index contributed by atoms with van der Waals surface area (Å²) in [5, 5.41) is 10.8. The molecule has 0 radical (unpaired) electrons. The zero-order valence-corrected chi connectivity index (χ0v) is 17.8. The van der Waals surface area contributed by atoms with Gasteiger partial charge in [0.2, 0.25) is 0 Å². The van der Waals surface area contributed by atoms with Gasteiger partial charge in [-0.1, -0.05) is 12.1 Å². The summed E-state index contributed by atoms with van der Waals surface area (Å²) < 4.78 is 58.4. The molecule has 5 nitrogen and oxygen atoms in total. The van der Waals surface area contributed by atoms with Gasteiger partial charge in [0.15, 0.2) is 5.65 Å². The lowest BCUT2D eigenvalue weighted by Gasteiger charge is -2.15. The van der Waals surface area contributed by atoms with Gasteiger partial charge in [-0.05, 0) is 66.6 Å². The Kier molecular flexibility index (Phi) is 5.26. The molecule has 1 aliphatic carbocycles. The minimum absolute atomic E-state index is 0.122. The highest BCUT2D eigenvalue weighted by molar-refractivity contribution is 5.75. The van der Waals surface area contributed by atoms with E-state index in [1.807, 2.05) is 19.1 Å². The first-order valence-electron chi connectivity index (χ1n) is 10.7. The van der Waals surface area contributed by atoms with Crippen molar-refractivity contribution in [2.75, 3.05) is 5.32 Å². The van der Waals surface area contributed by atoms with E-state index in [4.69, 9.17) is 0 Å². The Hall–Kier alpha value is -3.49. The van der Waals surface area contributed by atoms with E-state index < -0.39 is 17.6 Å². The van der Waals surface area contributed by atoms with E-state index >= 15 is 0 Å². The predicted octanol–water partition coefficient (Wildman–Crippen LogP) is 5.82. The quantitative estimate of drug-likeness (QED) is 0.372. The van der Waals surface area contributed by atoms with E-state index in [-0.39, 0.29) is 22.5 Å². The minimum atomic E-state index is -4.67. The van der Waals surface area contributed by atoms with E-state index in [2.05, 4.69) is 20.5 Å². The number of nitrogens with one attached hydrogen (secondary N) is 1. The van der Waals surface area contributed by atoms with Crippen LogP contribution in [-0.4, -0.2) is 19.6 Å². The molecule has 33 heavy (non-hydrogen) atoms. The summed E-state index contributed by atoms with van der Waals surface area (Å²) in [5.74, 6) is 0.327. The van der Waals surface area contributed by atoms with E-state index in [0.29, 0.717) is 24.7 Å². The Labute approximate surface area is 187 Å². The molecule has 0 unspecified atom stereocenters. The zero-order chi connectivity index (χ0) is 23.2. The van der Waals surface area contributed by atoms with Crippen LogP contribution in [0.25, 0.3) is 16.8 Å². The summed E-state index contributed by atoms with van der Waals surface area (Å²) >= 11 is 0. The fraction of sp³-hybridized carbons (Fsp3) is 0.292. The maximum Gasteiger partial charge on any atom is 0.420 e. The number of aromatic nitrogens is 4. The first-order valence-corrected chi connectivity index (χ1v) is 10.7. The van der Waals surface area contributed by atoms with E-state index in [1.165, 1.54) is 28.8 Å². The number of benzene rings is 1. The summed E-state index contributed by atoms with van der Waals surface area (Å²) in [6.07, 6.45) is 1.26. The van der Waals surface area contributed by atoms with E-state index in [0.717, 1.165) is 30.2 Å². The maximum atomic E-state index is 14.8. The molecule has 0 saturated heterocycles. The van der Waals surface area contributed by atoms with Crippen LogP contribution >= 0.6 is 0 Å². The van der Waals surface area contributed by atoms with Crippen LogP contribution in [0, 0.1) is 18.7 Å². The second kappa shape index (κ2) is 8.13. The SMILES string of the molecule is Cc1ccc(CNc2ccc(-c3ccn4c(CC5CC5)nnc4c3C(F)(F)F)cc2F)cn1. The molecule has 1 saturated carbocycles. The molecule has 0 spiro atoms. The Balaban J connectivity index is 1.47. The van der Waals surface area contributed by atoms with Crippen molar-refractivity contribution < 1.29 is 17.6 Å².